The summed E-state index contributed by atoms with van der Waals surface area (Å²) in [5.41, 5.74) is 2.19. The number of aryl methyl sites for hydroxylation is 2. The number of halogens is 2. The fraction of sp³-hybridized carbons (Fsp3) is 0.208. The van der Waals surface area contributed by atoms with Crippen LogP contribution in [0.5, 0.6) is 0 Å². The topological polar surface area (TPSA) is 83.5 Å². The Morgan fingerprint density at radius 2 is 1.47 bits per heavy atom. The molecule has 32 heavy (non-hydrogen) atoms. The van der Waals surface area contributed by atoms with Crippen LogP contribution in [0.1, 0.15) is 40.7 Å². The number of hydrogen-bond acceptors (Lipinski definition) is 3. The van der Waals surface area contributed by atoms with Crippen LogP contribution in [0.4, 0.5) is 14.5 Å². The van der Waals surface area contributed by atoms with Gasteiger partial charge < -0.3 is 5.11 Å². The van der Waals surface area contributed by atoms with Crippen LogP contribution in [0.2, 0.25) is 0 Å². The molecule has 0 atom stereocenters. The lowest BCUT2D eigenvalue weighted by Gasteiger charge is -2.13. The molecule has 0 aliphatic carbocycles. The molecule has 3 aromatic rings. The molecule has 0 heterocycles. The molecule has 0 saturated heterocycles. The quantitative estimate of drug-likeness (QED) is 0.397. The van der Waals surface area contributed by atoms with Crippen molar-refractivity contribution in [1.29, 1.82) is 0 Å². The van der Waals surface area contributed by atoms with Gasteiger partial charge >= 0.3 is 5.97 Å². The van der Waals surface area contributed by atoms with E-state index in [1.807, 2.05) is 12.1 Å². The van der Waals surface area contributed by atoms with Crippen LogP contribution in [0.15, 0.2) is 71.6 Å². The minimum atomic E-state index is -4.21. The molecule has 0 aromatic heterocycles. The van der Waals surface area contributed by atoms with Gasteiger partial charge in [-0.2, -0.15) is 0 Å². The summed E-state index contributed by atoms with van der Waals surface area (Å²) in [6, 6.07) is 16.1. The minimum Gasteiger partial charge on any atom is -0.478 e. The number of rotatable bonds is 10. The predicted octanol–water partition coefficient (Wildman–Crippen LogP) is 5.42. The molecule has 0 aliphatic rings. The van der Waals surface area contributed by atoms with E-state index < -0.39 is 32.5 Å². The molecule has 3 aromatic carbocycles. The maximum absolute atomic E-state index is 14.0. The number of unbranched alkanes of at least 4 members (excludes halogenated alkanes) is 2. The van der Waals surface area contributed by atoms with Gasteiger partial charge in [-0.15, -0.1) is 0 Å². The molecule has 0 bridgehead atoms. The SMILES string of the molecule is O=C(O)c1ccccc1CCCCCc1ccccc1NS(=O)(=O)c1ccc(F)cc1F. The Bertz CT molecular complexity index is 1210. The van der Waals surface area contributed by atoms with Gasteiger partial charge in [-0.25, -0.2) is 22.0 Å². The number of carboxylic acids is 1. The molecule has 2 N–H and O–H groups in total. The molecule has 3 rings (SSSR count). The lowest BCUT2D eigenvalue weighted by Crippen LogP contribution is -2.16. The van der Waals surface area contributed by atoms with Crippen LogP contribution in [0.3, 0.4) is 0 Å². The van der Waals surface area contributed by atoms with Crippen LogP contribution < -0.4 is 4.72 Å². The number of sulfonamides is 1. The smallest absolute Gasteiger partial charge is 0.335 e. The first kappa shape index (κ1) is 23.4. The van der Waals surface area contributed by atoms with E-state index in [0.717, 1.165) is 42.5 Å². The van der Waals surface area contributed by atoms with Gasteiger partial charge in [0.25, 0.3) is 10.0 Å². The van der Waals surface area contributed by atoms with Gasteiger partial charge in [-0.3, -0.25) is 4.72 Å². The Labute approximate surface area is 185 Å². The third-order valence-corrected chi connectivity index (χ3v) is 6.48. The number of carboxylic acid groups (broad SMARTS) is 1. The van der Waals surface area contributed by atoms with Crippen molar-refractivity contribution in [3.05, 3.63) is 95.1 Å². The van der Waals surface area contributed by atoms with E-state index in [0.29, 0.717) is 30.2 Å². The Balaban J connectivity index is 1.61. The van der Waals surface area contributed by atoms with Gasteiger partial charge in [-0.1, -0.05) is 42.8 Å². The molecule has 0 aliphatic heterocycles. The highest BCUT2D eigenvalue weighted by Gasteiger charge is 2.20. The van der Waals surface area contributed by atoms with Gasteiger partial charge in [0.05, 0.1) is 11.3 Å². The highest BCUT2D eigenvalue weighted by molar-refractivity contribution is 7.92. The zero-order chi connectivity index (χ0) is 23.1. The molecule has 0 amide bonds. The van der Waals surface area contributed by atoms with Gasteiger partial charge in [0.1, 0.15) is 16.5 Å². The van der Waals surface area contributed by atoms with E-state index in [-0.39, 0.29) is 0 Å². The Hall–Kier alpha value is -3.26. The Kier molecular flexibility index (Phi) is 7.58. The number of carbonyl (C=O) groups is 1. The van der Waals surface area contributed by atoms with E-state index in [1.165, 1.54) is 0 Å². The van der Waals surface area contributed by atoms with Gasteiger partial charge in [0.2, 0.25) is 0 Å². The molecule has 0 unspecified atom stereocenters. The molecular formula is C24H23F2NO4S. The molecule has 5 nitrogen and oxygen atoms in total. The van der Waals surface area contributed by atoms with Crippen LogP contribution in [0.25, 0.3) is 0 Å². The average molecular weight is 460 g/mol. The number of hydrogen-bond donors (Lipinski definition) is 2. The van der Waals surface area contributed by atoms with Crippen LogP contribution in [-0.4, -0.2) is 19.5 Å². The number of nitrogens with one attached hydrogen (secondary N) is 1. The summed E-state index contributed by atoms with van der Waals surface area (Å²) in [6.45, 7) is 0. The highest BCUT2D eigenvalue weighted by atomic mass is 32.2. The largest absolute Gasteiger partial charge is 0.478 e. The summed E-state index contributed by atoms with van der Waals surface area (Å²) in [5, 5.41) is 9.26. The van der Waals surface area contributed by atoms with E-state index in [9.17, 15) is 27.1 Å². The first-order chi connectivity index (χ1) is 15.3. The lowest BCUT2D eigenvalue weighted by atomic mass is 9.99. The fourth-order valence-corrected chi connectivity index (χ4v) is 4.65. The van der Waals surface area contributed by atoms with Crippen molar-refractivity contribution in [2.24, 2.45) is 0 Å². The van der Waals surface area contributed by atoms with Gasteiger partial charge in [-0.05, 0) is 61.1 Å². The van der Waals surface area contributed by atoms with E-state index >= 15 is 0 Å². The number of anilines is 1. The van der Waals surface area contributed by atoms with Crippen LogP contribution in [0, 0.1) is 11.6 Å². The maximum atomic E-state index is 14.0. The molecule has 168 valence electrons. The predicted molar refractivity (Wildman–Crippen MR) is 118 cm³/mol. The lowest BCUT2D eigenvalue weighted by molar-refractivity contribution is 0.0695. The zero-order valence-electron chi connectivity index (χ0n) is 17.2. The second-order valence-corrected chi connectivity index (χ2v) is 9.01. The molecule has 0 spiro atoms. The molecule has 8 heteroatoms. The van der Waals surface area contributed by atoms with Gasteiger partial charge in [0, 0.05) is 6.07 Å². The van der Waals surface area contributed by atoms with E-state index in [1.54, 1.807) is 36.4 Å². The summed E-state index contributed by atoms with van der Waals surface area (Å²) in [4.78, 5) is 10.7. The zero-order valence-corrected chi connectivity index (χ0v) is 18.0. The van der Waals surface area contributed by atoms with E-state index in [4.69, 9.17) is 0 Å². The molecule has 0 saturated carbocycles. The van der Waals surface area contributed by atoms with Crippen molar-refractivity contribution < 1.29 is 27.1 Å². The summed E-state index contributed by atoms with van der Waals surface area (Å²) >= 11 is 0. The van der Waals surface area contributed by atoms with Crippen molar-refractivity contribution in [1.82, 2.24) is 0 Å². The second-order valence-electron chi connectivity index (χ2n) is 7.36. The first-order valence-electron chi connectivity index (χ1n) is 10.1. The van der Waals surface area contributed by atoms with Crippen molar-refractivity contribution in [2.45, 2.75) is 37.0 Å². The Morgan fingerprint density at radius 1 is 0.844 bits per heavy atom. The maximum Gasteiger partial charge on any atom is 0.335 e. The first-order valence-corrected chi connectivity index (χ1v) is 11.6. The molecular weight excluding hydrogens is 436 g/mol. The monoisotopic (exact) mass is 459 g/mol. The van der Waals surface area contributed by atoms with Crippen molar-refractivity contribution in [3.8, 4) is 0 Å². The fourth-order valence-electron chi connectivity index (χ4n) is 3.49. The summed E-state index contributed by atoms with van der Waals surface area (Å²) < 4.78 is 54.6. The van der Waals surface area contributed by atoms with Crippen LogP contribution >= 0.6 is 0 Å². The van der Waals surface area contributed by atoms with Crippen molar-refractivity contribution >= 4 is 21.7 Å². The summed E-state index contributed by atoms with van der Waals surface area (Å²) in [7, 11) is -4.21. The third-order valence-electron chi connectivity index (χ3n) is 5.09. The highest BCUT2D eigenvalue weighted by Crippen LogP contribution is 2.24. The minimum absolute atomic E-state index is 0.306. The standard InChI is InChI=1S/C24H23F2NO4S/c25-19-14-15-23(21(26)16-19)32(30,31)27-22-13-7-5-11-18(22)10-3-1-2-8-17-9-4-6-12-20(17)24(28)29/h4-7,9,11-16,27H,1-3,8,10H2,(H,28,29). The van der Waals surface area contributed by atoms with Crippen molar-refractivity contribution in [2.75, 3.05) is 4.72 Å². The molecule has 0 radical (unpaired) electrons. The number of para-hydroxylation sites is 1. The number of aromatic carboxylic acids is 1. The van der Waals surface area contributed by atoms with Crippen molar-refractivity contribution in [3.63, 3.8) is 0 Å². The molecule has 0 fully saturated rings. The second kappa shape index (κ2) is 10.4. The summed E-state index contributed by atoms with van der Waals surface area (Å²) in [5.74, 6) is -2.95. The Morgan fingerprint density at radius 3 is 2.16 bits per heavy atom. The van der Waals surface area contributed by atoms with E-state index in [2.05, 4.69) is 4.72 Å². The van der Waals surface area contributed by atoms with Crippen LogP contribution in [-0.2, 0) is 22.9 Å². The number of benzene rings is 3. The van der Waals surface area contributed by atoms with Gasteiger partial charge in [0.15, 0.2) is 0 Å². The normalized spacial score (nSPS) is 11.3. The average Bonchev–Trinajstić information content (AvgIpc) is 2.74. The third kappa shape index (κ3) is 5.91. The summed E-state index contributed by atoms with van der Waals surface area (Å²) in [6.07, 6.45) is 3.60.